The molecule has 12 rings (SSSR count). The van der Waals surface area contributed by atoms with Crippen molar-refractivity contribution in [1.82, 2.24) is 9.80 Å². The van der Waals surface area contributed by atoms with Crippen molar-refractivity contribution < 1.29 is 76.6 Å². The van der Waals surface area contributed by atoms with E-state index in [1.807, 2.05) is 60.7 Å². The summed E-state index contributed by atoms with van der Waals surface area (Å²) in [7, 11) is 0. The van der Waals surface area contributed by atoms with Gasteiger partial charge in [0.2, 0.25) is 0 Å². The van der Waals surface area contributed by atoms with Gasteiger partial charge >= 0.3 is 0 Å². The van der Waals surface area contributed by atoms with E-state index < -0.39 is 107 Å². The van der Waals surface area contributed by atoms with Crippen LogP contribution in [0.4, 0.5) is 17.6 Å². The molecule has 6 heterocycles. The molecule has 6 saturated heterocycles. The standard InChI is InChI=1S/2C36H44F2N2O6S/c2*1-3-21-6-7-22(34-32(42)31(41)33(43)36(46-34)47-2)15-23(21)14-20-4-9-26(10-5-20)45-27-12-13-40(18-27)25-17-30(39)35(44-19-25)28-16-24(37)8-11-29(28)38/h2*4-11,15-16,25,27,30-36,41-43H,3,12-14,17-19,39H2,1-2H3/t25-,27+,30-,31+,32+,33-,34-,35+,36+;25-,27-,30+,31-,32-,33+,34+,35-,36-/m01/s1. The van der Waals surface area contributed by atoms with Crippen LogP contribution >= 0.6 is 23.5 Å². The van der Waals surface area contributed by atoms with E-state index in [-0.39, 0.29) is 35.4 Å². The molecule has 6 aromatic rings. The first-order valence-corrected chi connectivity index (χ1v) is 35.2. The number of thioether (sulfide) groups is 2. The molecule has 508 valence electrons. The number of benzene rings is 6. The maximum Gasteiger partial charge on any atom is 0.132 e. The van der Waals surface area contributed by atoms with Crippen molar-refractivity contribution in [3.8, 4) is 11.5 Å². The van der Waals surface area contributed by atoms with Gasteiger partial charge in [0, 0.05) is 61.5 Å². The van der Waals surface area contributed by atoms with Gasteiger partial charge in [-0.2, -0.15) is 0 Å². The molecule has 0 saturated carbocycles. The lowest BCUT2D eigenvalue weighted by molar-refractivity contribution is -0.200. The second-order valence-electron chi connectivity index (χ2n) is 25.7. The summed E-state index contributed by atoms with van der Waals surface area (Å²) >= 11 is 2.60. The fraction of sp³-hybridized carbons (Fsp3) is 0.500. The van der Waals surface area contributed by atoms with Crippen LogP contribution in [0.1, 0.15) is 120 Å². The van der Waals surface area contributed by atoms with E-state index in [9.17, 15) is 48.2 Å². The molecule has 0 unspecified atom stereocenters. The van der Waals surface area contributed by atoms with E-state index in [1.54, 1.807) is 12.5 Å². The Bertz CT molecular complexity index is 3250. The Morgan fingerprint density at radius 3 is 1.23 bits per heavy atom. The average Bonchev–Trinajstić information content (AvgIpc) is 2.28. The largest absolute Gasteiger partial charge is 0.489 e. The van der Waals surface area contributed by atoms with Crippen molar-refractivity contribution in [2.24, 2.45) is 11.5 Å². The maximum absolute atomic E-state index is 14.3. The number of likely N-dealkylation sites (tertiary alicyclic amines) is 2. The van der Waals surface area contributed by atoms with Gasteiger partial charge in [0.15, 0.2) is 0 Å². The van der Waals surface area contributed by atoms with E-state index in [1.165, 1.54) is 46.8 Å². The predicted octanol–water partition coefficient (Wildman–Crippen LogP) is 8.54. The van der Waals surface area contributed by atoms with Gasteiger partial charge in [-0.1, -0.05) is 74.5 Å². The Morgan fingerprint density at radius 2 is 0.872 bits per heavy atom. The summed E-state index contributed by atoms with van der Waals surface area (Å²) in [5, 5.41) is 62.8. The zero-order chi connectivity index (χ0) is 66.5. The number of aliphatic hydroxyl groups is 6. The molecule has 0 spiro atoms. The van der Waals surface area contributed by atoms with Crippen molar-refractivity contribution in [2.45, 2.75) is 174 Å². The van der Waals surface area contributed by atoms with Crippen molar-refractivity contribution in [2.75, 3.05) is 51.9 Å². The van der Waals surface area contributed by atoms with Crippen LogP contribution in [-0.4, -0.2) is 176 Å². The van der Waals surface area contributed by atoms with Crippen LogP contribution in [0.3, 0.4) is 0 Å². The third kappa shape index (κ3) is 16.2. The van der Waals surface area contributed by atoms with Crippen LogP contribution in [0, 0.1) is 23.3 Å². The van der Waals surface area contributed by atoms with Crippen molar-refractivity contribution in [3.05, 3.63) is 200 Å². The maximum atomic E-state index is 14.3. The predicted molar refractivity (Wildman–Crippen MR) is 353 cm³/mol. The number of hydrogen-bond donors (Lipinski definition) is 8. The SMILES string of the molecule is CCc1ccc([C@@H]2O[C@H](SC)[C@@H](O)[C@H](O)[C@H]2O)cc1Cc1ccc(O[C@@H]2CCN([C@@H]3CO[C@H](c4cc(F)ccc4F)[C@@H](N)C3)C2)cc1.CCc1ccc([C@@H]2O[C@H](SC)[C@@H](O)[C@H](O)[C@H]2O)cc1Cc1ccc(O[C@@H]2CCN([C@H]3CO[C@H](c4cc(F)ccc4F)[C@@H](N)C3)C2)cc1. The van der Waals surface area contributed by atoms with Crippen molar-refractivity contribution in [3.63, 3.8) is 0 Å². The van der Waals surface area contributed by atoms with Gasteiger partial charge in [0.05, 0.1) is 13.2 Å². The number of ether oxygens (including phenoxy) is 6. The van der Waals surface area contributed by atoms with Crippen LogP contribution in [0.15, 0.2) is 121 Å². The molecule has 94 heavy (non-hydrogen) atoms. The second-order valence-corrected chi connectivity index (χ2v) is 27.5. The number of halogens is 4. The molecular weight excluding hydrogens is 1250 g/mol. The Hall–Kier alpha value is -5.22. The zero-order valence-electron chi connectivity index (χ0n) is 53.3. The number of nitrogens with two attached hydrogens (primary N) is 2. The second kappa shape index (κ2) is 31.5. The third-order valence-electron chi connectivity index (χ3n) is 19.4. The molecule has 22 heteroatoms. The number of nitrogens with zero attached hydrogens (tertiary/aromatic N) is 2. The van der Waals surface area contributed by atoms with Gasteiger partial charge in [-0.3, -0.25) is 9.80 Å². The van der Waals surface area contributed by atoms with Crippen molar-refractivity contribution >= 4 is 23.5 Å². The number of hydrogen-bond acceptors (Lipinski definition) is 18. The molecule has 0 radical (unpaired) electrons. The van der Waals surface area contributed by atoms with Gasteiger partial charge < -0.3 is 70.5 Å². The van der Waals surface area contributed by atoms with Crippen LogP contribution in [0.2, 0.25) is 0 Å². The van der Waals surface area contributed by atoms with Crippen LogP contribution in [0.5, 0.6) is 11.5 Å². The minimum Gasteiger partial charge on any atom is -0.489 e. The summed E-state index contributed by atoms with van der Waals surface area (Å²) in [6.07, 6.45) is -0.579. The minimum absolute atomic E-state index is 0.0136. The molecule has 0 bridgehead atoms. The third-order valence-corrected chi connectivity index (χ3v) is 21.2. The molecule has 10 N–H and O–H groups in total. The topological polar surface area (TPSA) is 235 Å². The highest BCUT2D eigenvalue weighted by Gasteiger charge is 2.46. The fourth-order valence-electron chi connectivity index (χ4n) is 14.2. The molecule has 6 aliphatic heterocycles. The Labute approximate surface area is 555 Å². The highest BCUT2D eigenvalue weighted by atomic mass is 32.2. The lowest BCUT2D eigenvalue weighted by Crippen LogP contribution is -2.52. The molecule has 6 fully saturated rings. The summed E-state index contributed by atoms with van der Waals surface area (Å²) in [5.41, 5.74) is 20.2. The van der Waals surface area contributed by atoms with E-state index in [2.05, 4.69) is 47.9 Å². The summed E-state index contributed by atoms with van der Waals surface area (Å²) in [4.78, 5) is 4.62. The zero-order valence-corrected chi connectivity index (χ0v) is 55.0. The number of aryl methyl sites for hydroxylation is 2. The Morgan fingerprint density at radius 1 is 0.479 bits per heavy atom. The molecule has 18 atom stereocenters. The van der Waals surface area contributed by atoms with Gasteiger partial charge in [-0.25, -0.2) is 17.6 Å². The van der Waals surface area contributed by atoms with Gasteiger partial charge in [0.25, 0.3) is 0 Å². The summed E-state index contributed by atoms with van der Waals surface area (Å²) in [5.74, 6) is -0.456. The first-order valence-electron chi connectivity index (χ1n) is 32.6. The average molecular weight is 1340 g/mol. The summed E-state index contributed by atoms with van der Waals surface area (Å²) in [6.45, 7) is 8.13. The highest BCUT2D eigenvalue weighted by Crippen LogP contribution is 2.40. The van der Waals surface area contributed by atoms with E-state index in [4.69, 9.17) is 39.9 Å². The normalized spacial score (nSPS) is 31.6. The summed E-state index contributed by atoms with van der Waals surface area (Å²) in [6, 6.07) is 34.2. The first kappa shape index (κ1) is 70.1. The lowest BCUT2D eigenvalue weighted by atomic mass is 9.90. The smallest absolute Gasteiger partial charge is 0.132 e. The van der Waals surface area contributed by atoms with Gasteiger partial charge in [0.1, 0.15) is 119 Å². The number of aliphatic hydroxyl groups excluding tert-OH is 6. The fourth-order valence-corrected chi connectivity index (χ4v) is 15.5. The molecule has 0 aliphatic carbocycles. The highest BCUT2D eigenvalue weighted by molar-refractivity contribution is 7.99. The lowest BCUT2D eigenvalue weighted by Gasteiger charge is -2.40. The molecule has 6 aliphatic rings. The van der Waals surface area contributed by atoms with Crippen LogP contribution in [0.25, 0.3) is 0 Å². The molecule has 6 aromatic carbocycles. The minimum atomic E-state index is -1.29. The Balaban J connectivity index is 0.000000192. The van der Waals surface area contributed by atoms with E-state index >= 15 is 0 Å². The van der Waals surface area contributed by atoms with Crippen molar-refractivity contribution in [1.29, 1.82) is 0 Å². The summed E-state index contributed by atoms with van der Waals surface area (Å²) < 4.78 is 92.8. The first-order chi connectivity index (χ1) is 45.3. The van der Waals surface area contributed by atoms with E-state index in [0.717, 1.165) is 121 Å². The van der Waals surface area contributed by atoms with E-state index in [0.29, 0.717) is 38.9 Å². The molecule has 0 amide bonds. The number of rotatable bonds is 18. The van der Waals surface area contributed by atoms with Gasteiger partial charge in [-0.15, -0.1) is 23.5 Å². The Kier molecular flexibility index (Phi) is 23.5. The molecule has 0 aromatic heterocycles. The van der Waals surface area contributed by atoms with Crippen LogP contribution < -0.4 is 20.9 Å². The van der Waals surface area contributed by atoms with Gasteiger partial charge in [-0.05, 0) is 169 Å². The molecule has 16 nitrogen and oxygen atoms in total. The molecular formula is C72H88F4N4O12S2. The monoisotopic (exact) mass is 1340 g/mol. The van der Waals surface area contributed by atoms with Crippen LogP contribution in [-0.2, 0) is 44.6 Å². The quantitative estimate of drug-likeness (QED) is 0.0377.